The second-order valence-corrected chi connectivity index (χ2v) is 5.48. The number of methoxy groups -OCH3 is 1. The molecule has 0 amide bonds. The summed E-state index contributed by atoms with van der Waals surface area (Å²) in [6, 6.07) is 9.49. The predicted octanol–water partition coefficient (Wildman–Crippen LogP) is 2.36. The number of carbonyl (C=O) groups excluding carboxylic acids is 1. The third-order valence-corrected chi connectivity index (χ3v) is 4.25. The Labute approximate surface area is 128 Å². The van der Waals surface area contributed by atoms with E-state index in [9.17, 15) is 4.79 Å². The molecule has 1 heterocycles. The fraction of sp³-hybridized carbons (Fsp3) is 0.333. The van der Waals surface area contributed by atoms with E-state index in [1.54, 1.807) is 13.3 Å². The zero-order chi connectivity index (χ0) is 15.3. The van der Waals surface area contributed by atoms with Crippen molar-refractivity contribution in [2.45, 2.75) is 17.7 Å². The van der Waals surface area contributed by atoms with E-state index in [-0.39, 0.29) is 5.97 Å². The molecule has 1 atom stereocenters. The van der Waals surface area contributed by atoms with Crippen molar-refractivity contribution in [2.24, 2.45) is 0 Å². The van der Waals surface area contributed by atoms with Crippen LogP contribution in [0.5, 0.6) is 0 Å². The summed E-state index contributed by atoms with van der Waals surface area (Å²) in [4.78, 5) is 16.6. The van der Waals surface area contributed by atoms with Gasteiger partial charge >= 0.3 is 5.97 Å². The molecule has 0 saturated carbocycles. The summed E-state index contributed by atoms with van der Waals surface area (Å²) in [6.07, 6.45) is 1.59. The van der Waals surface area contributed by atoms with Crippen LogP contribution in [0, 0.1) is 6.92 Å². The number of oxazole rings is 1. The van der Waals surface area contributed by atoms with E-state index in [1.165, 1.54) is 18.9 Å². The number of rotatable bonds is 6. The molecule has 2 rings (SSSR count). The number of ether oxygens (including phenoxy) is 1. The zero-order valence-electron chi connectivity index (χ0n) is 12.3. The number of nitrogens with one attached hydrogen (secondary N) is 1. The molecule has 0 aliphatic carbocycles. The Kier molecular flexibility index (Phi) is 5.03. The highest BCUT2D eigenvalue weighted by molar-refractivity contribution is 7.99. The number of carbonyl (C=O) groups is 1. The Morgan fingerprint density at radius 2 is 2.14 bits per heavy atom. The van der Waals surface area contributed by atoms with Crippen molar-refractivity contribution < 1.29 is 13.9 Å². The average Bonchev–Trinajstić information content (AvgIpc) is 2.94. The summed E-state index contributed by atoms with van der Waals surface area (Å²) in [5, 5.41) is 3.63. The standard InChI is InChI=1S/C15H18N2O3S/c1-11-9-20-14(17-11)21-10-15(16-2,13(18)19-3)12-7-5-4-6-8-12/h4-9,16H,10H2,1-3H3. The third kappa shape index (κ3) is 3.28. The van der Waals surface area contributed by atoms with Crippen molar-refractivity contribution >= 4 is 17.7 Å². The van der Waals surface area contributed by atoms with Crippen LogP contribution in [0.2, 0.25) is 0 Å². The van der Waals surface area contributed by atoms with Gasteiger partial charge in [-0.15, -0.1) is 0 Å². The highest BCUT2D eigenvalue weighted by Crippen LogP contribution is 2.30. The van der Waals surface area contributed by atoms with Gasteiger partial charge in [-0.05, 0) is 19.5 Å². The number of benzene rings is 1. The first-order chi connectivity index (χ1) is 10.1. The van der Waals surface area contributed by atoms with Gasteiger partial charge in [0, 0.05) is 5.75 Å². The highest BCUT2D eigenvalue weighted by Gasteiger charge is 2.40. The molecule has 1 unspecified atom stereocenters. The minimum atomic E-state index is -0.941. The van der Waals surface area contributed by atoms with Gasteiger partial charge in [-0.25, -0.2) is 9.78 Å². The number of hydrogen-bond acceptors (Lipinski definition) is 6. The molecule has 21 heavy (non-hydrogen) atoms. The number of esters is 1. The number of hydrogen-bond donors (Lipinski definition) is 1. The Hall–Kier alpha value is -1.79. The van der Waals surface area contributed by atoms with Crippen LogP contribution in [-0.4, -0.2) is 30.9 Å². The second kappa shape index (κ2) is 6.78. The molecule has 1 N–H and O–H groups in total. The summed E-state index contributed by atoms with van der Waals surface area (Å²) >= 11 is 1.37. The lowest BCUT2D eigenvalue weighted by Gasteiger charge is -2.30. The third-order valence-electron chi connectivity index (χ3n) is 3.24. The predicted molar refractivity (Wildman–Crippen MR) is 81.2 cm³/mol. The summed E-state index contributed by atoms with van der Waals surface area (Å²) in [5.41, 5.74) is 0.712. The summed E-state index contributed by atoms with van der Waals surface area (Å²) < 4.78 is 10.3. The van der Waals surface area contributed by atoms with Crippen molar-refractivity contribution in [3.8, 4) is 0 Å². The Bertz CT molecular complexity index is 600. The highest BCUT2D eigenvalue weighted by atomic mass is 32.2. The van der Waals surface area contributed by atoms with E-state index in [1.807, 2.05) is 37.3 Å². The molecule has 0 saturated heterocycles. The largest absolute Gasteiger partial charge is 0.467 e. The fourth-order valence-corrected chi connectivity index (χ4v) is 3.14. The topological polar surface area (TPSA) is 64.4 Å². The first-order valence-electron chi connectivity index (χ1n) is 6.50. The van der Waals surface area contributed by atoms with Gasteiger partial charge in [-0.2, -0.15) is 0 Å². The molecule has 0 radical (unpaired) electrons. The molecule has 0 spiro atoms. The van der Waals surface area contributed by atoms with Crippen molar-refractivity contribution in [1.29, 1.82) is 0 Å². The normalized spacial score (nSPS) is 13.7. The van der Waals surface area contributed by atoms with Crippen LogP contribution in [0.4, 0.5) is 0 Å². The summed E-state index contributed by atoms with van der Waals surface area (Å²) in [5.74, 6) is 0.0760. The molecule has 0 aliphatic rings. The Morgan fingerprint density at radius 3 is 2.67 bits per heavy atom. The molecular formula is C15H18N2O3S. The van der Waals surface area contributed by atoms with Crippen LogP contribution in [0.1, 0.15) is 11.3 Å². The monoisotopic (exact) mass is 306 g/mol. The molecule has 5 nitrogen and oxygen atoms in total. The summed E-state index contributed by atoms with van der Waals surface area (Å²) in [7, 11) is 3.13. The van der Waals surface area contributed by atoms with E-state index >= 15 is 0 Å². The van der Waals surface area contributed by atoms with Crippen LogP contribution in [-0.2, 0) is 15.1 Å². The van der Waals surface area contributed by atoms with Crippen LogP contribution in [0.3, 0.4) is 0 Å². The second-order valence-electron chi connectivity index (χ2n) is 4.56. The molecular weight excluding hydrogens is 288 g/mol. The molecule has 112 valence electrons. The quantitative estimate of drug-likeness (QED) is 0.653. The lowest BCUT2D eigenvalue weighted by atomic mass is 9.92. The lowest BCUT2D eigenvalue weighted by molar-refractivity contribution is -0.147. The van der Waals surface area contributed by atoms with Crippen molar-refractivity contribution in [3.05, 3.63) is 47.9 Å². The van der Waals surface area contributed by atoms with Crippen molar-refractivity contribution in [3.63, 3.8) is 0 Å². The minimum Gasteiger partial charge on any atom is -0.467 e. The number of aromatic nitrogens is 1. The molecule has 1 aromatic heterocycles. The van der Waals surface area contributed by atoms with E-state index in [4.69, 9.17) is 9.15 Å². The van der Waals surface area contributed by atoms with Gasteiger partial charge in [0.2, 0.25) is 0 Å². The number of nitrogens with zero attached hydrogens (tertiary/aromatic N) is 1. The molecule has 0 aliphatic heterocycles. The first-order valence-corrected chi connectivity index (χ1v) is 7.48. The molecule has 6 heteroatoms. The van der Waals surface area contributed by atoms with Gasteiger partial charge in [0.1, 0.15) is 6.26 Å². The maximum atomic E-state index is 12.3. The molecule has 2 aromatic rings. The molecule has 0 fully saturated rings. The van der Waals surface area contributed by atoms with Crippen LogP contribution >= 0.6 is 11.8 Å². The van der Waals surface area contributed by atoms with Crippen LogP contribution < -0.4 is 5.32 Å². The lowest BCUT2D eigenvalue weighted by Crippen LogP contribution is -2.50. The first kappa shape index (κ1) is 15.6. The van der Waals surface area contributed by atoms with E-state index in [2.05, 4.69) is 10.3 Å². The molecule has 0 bridgehead atoms. The van der Waals surface area contributed by atoms with Gasteiger partial charge < -0.3 is 14.5 Å². The van der Waals surface area contributed by atoms with Crippen LogP contribution in [0.15, 0.2) is 46.2 Å². The molecule has 1 aromatic carbocycles. The zero-order valence-corrected chi connectivity index (χ0v) is 13.1. The maximum absolute atomic E-state index is 12.3. The Morgan fingerprint density at radius 1 is 1.43 bits per heavy atom. The van der Waals surface area contributed by atoms with E-state index in [0.29, 0.717) is 11.0 Å². The number of thioether (sulfide) groups is 1. The van der Waals surface area contributed by atoms with E-state index in [0.717, 1.165) is 11.3 Å². The van der Waals surface area contributed by atoms with Gasteiger partial charge in [0.05, 0.1) is 12.8 Å². The van der Waals surface area contributed by atoms with Gasteiger partial charge in [0.25, 0.3) is 5.22 Å². The van der Waals surface area contributed by atoms with Gasteiger partial charge in [-0.3, -0.25) is 0 Å². The van der Waals surface area contributed by atoms with Gasteiger partial charge in [-0.1, -0.05) is 42.1 Å². The summed E-state index contributed by atoms with van der Waals surface area (Å²) in [6.45, 7) is 1.86. The average molecular weight is 306 g/mol. The minimum absolute atomic E-state index is 0.341. The Balaban J connectivity index is 2.29. The smallest absolute Gasteiger partial charge is 0.331 e. The SMILES string of the molecule is CNC(CSc1nc(C)co1)(C(=O)OC)c1ccccc1. The van der Waals surface area contributed by atoms with Crippen molar-refractivity contribution in [2.75, 3.05) is 19.9 Å². The van der Waals surface area contributed by atoms with Gasteiger partial charge in [0.15, 0.2) is 5.54 Å². The maximum Gasteiger partial charge on any atom is 0.331 e. The number of aryl methyl sites for hydroxylation is 1. The van der Waals surface area contributed by atoms with Crippen LogP contribution in [0.25, 0.3) is 0 Å². The fourth-order valence-electron chi connectivity index (χ4n) is 2.04. The number of likely N-dealkylation sites (N-methyl/N-ethyl adjacent to an activating group) is 1. The van der Waals surface area contributed by atoms with Crippen molar-refractivity contribution in [1.82, 2.24) is 10.3 Å². The van der Waals surface area contributed by atoms with E-state index < -0.39 is 5.54 Å².